The Labute approximate surface area is 139 Å². The molecule has 0 saturated heterocycles. The monoisotopic (exact) mass is 376 g/mol. The van der Waals surface area contributed by atoms with Crippen LogP contribution in [-0.4, -0.2) is 10.9 Å². The maximum atomic E-state index is 13.7. The summed E-state index contributed by atoms with van der Waals surface area (Å²) in [6.07, 6.45) is 1.74. The van der Waals surface area contributed by atoms with Crippen molar-refractivity contribution in [3.63, 3.8) is 0 Å². The van der Waals surface area contributed by atoms with Gasteiger partial charge in [-0.05, 0) is 42.5 Å². The van der Waals surface area contributed by atoms with Crippen LogP contribution < -0.4 is 5.32 Å². The van der Waals surface area contributed by atoms with Gasteiger partial charge >= 0.3 is 0 Å². The average Bonchev–Trinajstić information content (AvgIpc) is 3.05. The quantitative estimate of drug-likeness (QED) is 0.701. The molecule has 0 bridgehead atoms. The largest absolute Gasteiger partial charge is 0.322 e. The third-order valence-electron chi connectivity index (χ3n) is 3.00. The van der Waals surface area contributed by atoms with Crippen molar-refractivity contribution >= 4 is 38.9 Å². The summed E-state index contributed by atoms with van der Waals surface area (Å²) in [5, 5.41) is 5.50. The number of hydrogen-bond acceptors (Lipinski definition) is 3. The molecule has 0 atom stereocenters. The first-order chi connectivity index (χ1) is 10.6. The average molecular weight is 377 g/mol. The van der Waals surface area contributed by atoms with Crippen LogP contribution in [0.15, 0.2) is 58.5 Å². The van der Waals surface area contributed by atoms with Crippen molar-refractivity contribution in [3.05, 3.63) is 69.9 Å². The number of carbonyl (C=O) groups excluding carboxylic acids is 1. The molecule has 0 spiro atoms. The molecule has 22 heavy (non-hydrogen) atoms. The summed E-state index contributed by atoms with van der Waals surface area (Å²) >= 11 is 4.77. The minimum Gasteiger partial charge on any atom is -0.322 e. The van der Waals surface area contributed by atoms with E-state index in [1.54, 1.807) is 35.7 Å². The van der Waals surface area contributed by atoms with Gasteiger partial charge in [0.2, 0.25) is 0 Å². The molecule has 1 aromatic heterocycles. The van der Waals surface area contributed by atoms with E-state index in [0.717, 1.165) is 10.6 Å². The number of thiazole rings is 1. The molecule has 0 aliphatic heterocycles. The van der Waals surface area contributed by atoms with Gasteiger partial charge in [-0.25, -0.2) is 9.37 Å². The summed E-state index contributed by atoms with van der Waals surface area (Å²) in [6.45, 7) is 0. The van der Waals surface area contributed by atoms with Crippen LogP contribution in [0.2, 0.25) is 0 Å². The van der Waals surface area contributed by atoms with E-state index in [1.807, 2.05) is 17.5 Å². The molecule has 0 fully saturated rings. The van der Waals surface area contributed by atoms with Gasteiger partial charge in [-0.2, -0.15) is 0 Å². The van der Waals surface area contributed by atoms with Crippen LogP contribution in [0.4, 0.5) is 10.1 Å². The van der Waals surface area contributed by atoms with Crippen LogP contribution in [0.3, 0.4) is 0 Å². The van der Waals surface area contributed by atoms with Gasteiger partial charge in [0.15, 0.2) is 0 Å². The molecule has 3 rings (SSSR count). The van der Waals surface area contributed by atoms with Gasteiger partial charge < -0.3 is 5.32 Å². The maximum Gasteiger partial charge on any atom is 0.258 e. The second-order valence-electron chi connectivity index (χ2n) is 4.49. The molecule has 0 saturated carbocycles. The zero-order chi connectivity index (χ0) is 15.5. The Morgan fingerprint density at radius 2 is 1.95 bits per heavy atom. The molecule has 3 aromatic rings. The Balaban J connectivity index is 1.78. The van der Waals surface area contributed by atoms with Crippen molar-refractivity contribution in [2.75, 3.05) is 5.32 Å². The Hall–Kier alpha value is -2.05. The molecule has 110 valence electrons. The van der Waals surface area contributed by atoms with Crippen LogP contribution in [0, 0.1) is 5.82 Å². The molecule has 0 radical (unpaired) electrons. The minimum absolute atomic E-state index is 0.00150. The summed E-state index contributed by atoms with van der Waals surface area (Å²) in [4.78, 5) is 16.3. The zero-order valence-electron chi connectivity index (χ0n) is 11.2. The van der Waals surface area contributed by atoms with Crippen LogP contribution in [0.1, 0.15) is 10.4 Å². The summed E-state index contributed by atoms with van der Waals surface area (Å²) < 4.78 is 14.3. The van der Waals surface area contributed by atoms with Gasteiger partial charge in [-0.3, -0.25) is 4.79 Å². The van der Waals surface area contributed by atoms with Crippen molar-refractivity contribution in [1.29, 1.82) is 0 Å². The van der Waals surface area contributed by atoms with Crippen molar-refractivity contribution in [2.24, 2.45) is 0 Å². The molecule has 0 unspecified atom stereocenters. The lowest BCUT2D eigenvalue weighted by Crippen LogP contribution is -2.13. The first kappa shape index (κ1) is 14.9. The predicted octanol–water partition coefficient (Wildman–Crippen LogP) is 4.96. The lowest BCUT2D eigenvalue weighted by atomic mass is 10.1. The Kier molecular flexibility index (Phi) is 4.31. The summed E-state index contributed by atoms with van der Waals surface area (Å²) in [7, 11) is 0. The number of amides is 1. The van der Waals surface area contributed by atoms with Crippen LogP contribution in [0.25, 0.3) is 10.6 Å². The first-order valence-corrected chi connectivity index (χ1v) is 8.07. The number of nitrogens with one attached hydrogen (secondary N) is 1. The van der Waals surface area contributed by atoms with Gasteiger partial charge in [0, 0.05) is 27.3 Å². The van der Waals surface area contributed by atoms with Crippen molar-refractivity contribution in [3.8, 4) is 10.6 Å². The van der Waals surface area contributed by atoms with E-state index >= 15 is 0 Å². The third kappa shape index (κ3) is 3.23. The van der Waals surface area contributed by atoms with Gasteiger partial charge in [0.05, 0.1) is 5.56 Å². The topological polar surface area (TPSA) is 42.0 Å². The standard InChI is InChI=1S/C16H10BrFN2OS/c17-11-3-6-14(18)13(9-11)15(21)20-12-4-1-10(2-5-12)16-19-7-8-22-16/h1-9H,(H,20,21). The van der Waals surface area contributed by atoms with Gasteiger partial charge in [0.25, 0.3) is 5.91 Å². The van der Waals surface area contributed by atoms with Crippen molar-refractivity contribution in [2.45, 2.75) is 0 Å². The fourth-order valence-electron chi connectivity index (χ4n) is 1.93. The first-order valence-electron chi connectivity index (χ1n) is 6.40. The fraction of sp³-hybridized carbons (Fsp3) is 0. The summed E-state index contributed by atoms with van der Waals surface area (Å²) in [6, 6.07) is 11.5. The third-order valence-corrected chi connectivity index (χ3v) is 4.31. The van der Waals surface area contributed by atoms with Gasteiger partial charge in [-0.1, -0.05) is 15.9 Å². The Morgan fingerprint density at radius 1 is 1.18 bits per heavy atom. The number of nitrogens with zero attached hydrogens (tertiary/aromatic N) is 1. The second-order valence-corrected chi connectivity index (χ2v) is 6.30. The van der Waals surface area contributed by atoms with Crippen LogP contribution in [-0.2, 0) is 0 Å². The van der Waals surface area contributed by atoms with E-state index in [0.29, 0.717) is 10.2 Å². The van der Waals surface area contributed by atoms with Gasteiger partial charge in [0.1, 0.15) is 10.8 Å². The van der Waals surface area contributed by atoms with E-state index in [9.17, 15) is 9.18 Å². The minimum atomic E-state index is -0.555. The highest BCUT2D eigenvalue weighted by Crippen LogP contribution is 2.24. The van der Waals surface area contributed by atoms with Gasteiger partial charge in [-0.15, -0.1) is 11.3 Å². The maximum absolute atomic E-state index is 13.7. The smallest absolute Gasteiger partial charge is 0.258 e. The molecule has 1 N–H and O–H groups in total. The molecule has 0 aliphatic rings. The number of benzene rings is 2. The number of halogens is 2. The zero-order valence-corrected chi connectivity index (χ0v) is 13.6. The van der Waals surface area contributed by atoms with Crippen LogP contribution in [0.5, 0.6) is 0 Å². The van der Waals surface area contributed by atoms with E-state index in [2.05, 4.69) is 26.2 Å². The molecule has 2 aromatic carbocycles. The normalized spacial score (nSPS) is 10.5. The Morgan fingerprint density at radius 3 is 2.64 bits per heavy atom. The SMILES string of the molecule is O=C(Nc1ccc(-c2nccs2)cc1)c1cc(Br)ccc1F. The predicted molar refractivity (Wildman–Crippen MR) is 89.6 cm³/mol. The lowest BCUT2D eigenvalue weighted by molar-refractivity contribution is 0.102. The van der Waals surface area contributed by atoms with Crippen LogP contribution >= 0.6 is 27.3 Å². The second kappa shape index (κ2) is 6.37. The fourth-order valence-corrected chi connectivity index (χ4v) is 2.94. The highest BCUT2D eigenvalue weighted by Gasteiger charge is 2.12. The number of carbonyl (C=O) groups is 1. The summed E-state index contributed by atoms with van der Waals surface area (Å²) in [5.41, 5.74) is 1.57. The molecule has 0 aliphatic carbocycles. The van der Waals surface area contributed by atoms with E-state index in [1.165, 1.54) is 12.1 Å². The highest BCUT2D eigenvalue weighted by molar-refractivity contribution is 9.10. The van der Waals surface area contributed by atoms with Crippen molar-refractivity contribution < 1.29 is 9.18 Å². The number of rotatable bonds is 3. The highest BCUT2D eigenvalue weighted by atomic mass is 79.9. The van der Waals surface area contributed by atoms with E-state index in [4.69, 9.17) is 0 Å². The number of hydrogen-bond donors (Lipinski definition) is 1. The lowest BCUT2D eigenvalue weighted by Gasteiger charge is -2.07. The molecular weight excluding hydrogens is 367 g/mol. The number of aromatic nitrogens is 1. The molecular formula is C16H10BrFN2OS. The van der Waals surface area contributed by atoms with E-state index < -0.39 is 11.7 Å². The molecule has 1 heterocycles. The number of anilines is 1. The summed E-state index contributed by atoms with van der Waals surface area (Å²) in [5.74, 6) is -1.04. The van der Waals surface area contributed by atoms with E-state index in [-0.39, 0.29) is 5.56 Å². The molecule has 1 amide bonds. The molecule has 6 heteroatoms. The Bertz CT molecular complexity index is 804. The van der Waals surface area contributed by atoms with Crippen molar-refractivity contribution in [1.82, 2.24) is 4.98 Å². The molecule has 3 nitrogen and oxygen atoms in total.